The topological polar surface area (TPSA) is 73.7 Å². The zero-order chi connectivity index (χ0) is 17.8. The molecule has 0 unspecified atom stereocenters. The second-order valence-corrected chi connectivity index (χ2v) is 9.02. The molecule has 0 N–H and O–H groups in total. The van der Waals surface area contributed by atoms with Crippen LogP contribution in [0, 0.1) is 0 Å². The maximum Gasteiger partial charge on any atom is 0.425 e. The van der Waals surface area contributed by atoms with Crippen LogP contribution in [0.15, 0.2) is 12.3 Å². The number of nitrogens with zero attached hydrogens (tertiary/aromatic N) is 3. The van der Waals surface area contributed by atoms with E-state index in [1.807, 2.05) is 0 Å². The van der Waals surface area contributed by atoms with Crippen LogP contribution < -0.4 is 4.90 Å². The van der Waals surface area contributed by atoms with E-state index in [0.717, 1.165) is 0 Å². The molecule has 0 aliphatic rings. The van der Waals surface area contributed by atoms with Gasteiger partial charge in [0.15, 0.2) is 0 Å². The van der Waals surface area contributed by atoms with Crippen LogP contribution in [0.4, 0.5) is 15.4 Å². The fourth-order valence-electron chi connectivity index (χ4n) is 1.26. The number of hydrogen-bond acceptors (Lipinski definition) is 5. The summed E-state index contributed by atoms with van der Waals surface area (Å²) in [5, 5.41) is 3.82. The molecule has 1 aromatic heterocycles. The number of carbonyl (C=O) groups excluding carboxylic acids is 2. The molecule has 1 aromatic rings. The minimum atomic E-state index is -1.85. The van der Waals surface area contributed by atoms with E-state index in [1.165, 1.54) is 24.0 Å². The summed E-state index contributed by atoms with van der Waals surface area (Å²) in [6.45, 7) is -1.19. The summed E-state index contributed by atoms with van der Waals surface area (Å²) >= 11 is 32.9. The van der Waals surface area contributed by atoms with Gasteiger partial charge in [0.1, 0.15) is 19.0 Å². The second kappa shape index (κ2) is 8.18. The molecular formula is C10H9Cl6N3O4. The fraction of sp³-hybridized carbons (Fsp3) is 0.500. The van der Waals surface area contributed by atoms with E-state index in [0.29, 0.717) is 4.90 Å². The summed E-state index contributed by atoms with van der Waals surface area (Å²) in [5.74, 6) is 0.0358. The minimum Gasteiger partial charge on any atom is -0.444 e. The molecule has 23 heavy (non-hydrogen) atoms. The summed E-state index contributed by atoms with van der Waals surface area (Å²) < 4.78 is 7.01. The quantitative estimate of drug-likeness (QED) is 0.648. The average Bonchev–Trinajstić information content (AvgIpc) is 2.79. The molecule has 7 nitrogen and oxygen atoms in total. The van der Waals surface area contributed by atoms with Crippen molar-refractivity contribution in [2.75, 3.05) is 18.1 Å². The molecule has 0 atom stereocenters. The van der Waals surface area contributed by atoms with Crippen molar-refractivity contribution in [2.45, 2.75) is 7.59 Å². The standard InChI is InChI=1S/C10H9Cl6N3O4/c1-18-6(2-3-17-18)19(7(20)22-4-9(11,12)13)8(21)23-5-10(14,15)16/h2-3H,4-5H2,1H3. The Morgan fingerprint density at radius 3 is 1.83 bits per heavy atom. The van der Waals surface area contributed by atoms with E-state index in [-0.39, 0.29) is 5.82 Å². The number of imide groups is 1. The molecule has 0 saturated heterocycles. The van der Waals surface area contributed by atoms with E-state index >= 15 is 0 Å². The third-order valence-electron chi connectivity index (χ3n) is 2.11. The van der Waals surface area contributed by atoms with E-state index in [9.17, 15) is 9.59 Å². The lowest BCUT2D eigenvalue weighted by Crippen LogP contribution is -2.41. The molecule has 13 heteroatoms. The molecule has 0 bridgehead atoms. The van der Waals surface area contributed by atoms with Gasteiger partial charge in [0, 0.05) is 13.1 Å². The smallest absolute Gasteiger partial charge is 0.425 e. The predicted octanol–water partition coefficient (Wildman–Crippen LogP) is 4.24. The minimum absolute atomic E-state index is 0.0358. The first-order chi connectivity index (χ1) is 10.4. The van der Waals surface area contributed by atoms with Crippen molar-refractivity contribution in [2.24, 2.45) is 7.05 Å². The van der Waals surface area contributed by atoms with Crippen molar-refractivity contribution < 1.29 is 19.1 Å². The van der Waals surface area contributed by atoms with Gasteiger partial charge in [-0.15, -0.1) is 0 Å². The Morgan fingerprint density at radius 1 is 1.09 bits per heavy atom. The molecule has 0 fully saturated rings. The Labute approximate surface area is 161 Å². The van der Waals surface area contributed by atoms with Crippen LogP contribution in [0.3, 0.4) is 0 Å². The number of carbonyl (C=O) groups is 2. The number of halogens is 6. The highest BCUT2D eigenvalue weighted by atomic mass is 35.6. The van der Waals surface area contributed by atoms with Gasteiger partial charge in [-0.2, -0.15) is 10.00 Å². The number of alkyl halides is 6. The number of aromatic nitrogens is 2. The molecular weight excluding hydrogens is 439 g/mol. The molecule has 0 aromatic carbocycles. The normalized spacial score (nSPS) is 12.0. The molecule has 0 saturated carbocycles. The van der Waals surface area contributed by atoms with Crippen molar-refractivity contribution in [3.63, 3.8) is 0 Å². The first kappa shape index (κ1) is 20.7. The van der Waals surface area contributed by atoms with E-state index < -0.39 is 33.0 Å². The van der Waals surface area contributed by atoms with Gasteiger partial charge >= 0.3 is 12.2 Å². The third-order valence-corrected chi connectivity index (χ3v) is 2.76. The Kier molecular flexibility index (Phi) is 7.37. The lowest BCUT2D eigenvalue weighted by atomic mass is 10.5. The zero-order valence-electron chi connectivity index (χ0n) is 11.3. The first-order valence-electron chi connectivity index (χ1n) is 5.66. The fourth-order valence-corrected chi connectivity index (χ4v) is 1.59. The summed E-state index contributed by atoms with van der Waals surface area (Å²) in [6.07, 6.45) is -0.976. The van der Waals surface area contributed by atoms with Crippen LogP contribution in [-0.2, 0) is 16.5 Å². The molecule has 1 heterocycles. The van der Waals surface area contributed by atoms with E-state index in [4.69, 9.17) is 79.1 Å². The van der Waals surface area contributed by atoms with Crippen LogP contribution in [0.25, 0.3) is 0 Å². The largest absolute Gasteiger partial charge is 0.444 e. The van der Waals surface area contributed by atoms with Gasteiger partial charge in [-0.1, -0.05) is 69.6 Å². The van der Waals surface area contributed by atoms with Gasteiger partial charge in [0.25, 0.3) is 0 Å². The number of anilines is 1. The zero-order valence-corrected chi connectivity index (χ0v) is 15.8. The van der Waals surface area contributed by atoms with Gasteiger partial charge in [0.05, 0.1) is 6.20 Å². The number of hydrogen-bond donors (Lipinski definition) is 0. The number of aryl methyl sites for hydroxylation is 1. The molecule has 0 radical (unpaired) electrons. The summed E-state index contributed by atoms with van der Waals surface area (Å²) in [6, 6.07) is 1.35. The molecule has 0 aliphatic carbocycles. The maximum absolute atomic E-state index is 12.1. The Hall–Kier alpha value is -0.310. The highest BCUT2D eigenvalue weighted by Crippen LogP contribution is 2.28. The van der Waals surface area contributed by atoms with Crippen molar-refractivity contribution in [3.8, 4) is 0 Å². The van der Waals surface area contributed by atoms with Crippen LogP contribution >= 0.6 is 69.6 Å². The molecule has 0 aliphatic heterocycles. The second-order valence-electron chi connectivity index (χ2n) is 3.99. The van der Waals surface area contributed by atoms with Crippen LogP contribution in [0.1, 0.15) is 0 Å². The number of amides is 2. The van der Waals surface area contributed by atoms with Gasteiger partial charge in [-0.25, -0.2) is 9.59 Å². The lowest BCUT2D eigenvalue weighted by molar-refractivity contribution is 0.136. The van der Waals surface area contributed by atoms with Crippen molar-refractivity contribution >= 4 is 87.6 Å². The first-order valence-corrected chi connectivity index (χ1v) is 7.92. The van der Waals surface area contributed by atoms with Gasteiger partial charge in [0.2, 0.25) is 7.59 Å². The predicted molar refractivity (Wildman–Crippen MR) is 89.0 cm³/mol. The van der Waals surface area contributed by atoms with Gasteiger partial charge in [-0.3, -0.25) is 4.68 Å². The Morgan fingerprint density at radius 2 is 1.52 bits per heavy atom. The summed E-state index contributed by atoms with van der Waals surface area (Å²) in [7, 11) is 1.48. The number of ether oxygens (including phenoxy) is 2. The van der Waals surface area contributed by atoms with Gasteiger partial charge in [-0.05, 0) is 0 Å². The van der Waals surface area contributed by atoms with E-state index in [2.05, 4.69) is 5.10 Å². The SMILES string of the molecule is Cn1nccc1N(C(=O)OCC(Cl)(Cl)Cl)C(=O)OCC(Cl)(Cl)Cl. The summed E-state index contributed by atoms with van der Waals surface area (Å²) in [5.41, 5.74) is 0. The van der Waals surface area contributed by atoms with Crippen molar-refractivity contribution in [1.82, 2.24) is 9.78 Å². The van der Waals surface area contributed by atoms with Crippen LogP contribution in [0.2, 0.25) is 0 Å². The average molecular weight is 448 g/mol. The van der Waals surface area contributed by atoms with Crippen molar-refractivity contribution in [3.05, 3.63) is 12.3 Å². The molecule has 2 amide bonds. The number of rotatable bonds is 3. The van der Waals surface area contributed by atoms with Crippen LogP contribution in [0.5, 0.6) is 0 Å². The van der Waals surface area contributed by atoms with Gasteiger partial charge < -0.3 is 9.47 Å². The maximum atomic E-state index is 12.1. The molecule has 130 valence electrons. The van der Waals surface area contributed by atoms with Crippen molar-refractivity contribution in [1.29, 1.82) is 0 Å². The third kappa shape index (κ3) is 7.41. The summed E-state index contributed by atoms with van der Waals surface area (Å²) in [4.78, 5) is 24.7. The molecule has 0 spiro atoms. The highest BCUT2D eigenvalue weighted by Gasteiger charge is 2.33. The van der Waals surface area contributed by atoms with E-state index in [1.54, 1.807) is 0 Å². The van der Waals surface area contributed by atoms with Crippen LogP contribution in [-0.4, -0.2) is 42.8 Å². The Balaban J connectivity index is 2.92. The molecule has 1 rings (SSSR count). The monoisotopic (exact) mass is 445 g/mol. The highest BCUT2D eigenvalue weighted by molar-refractivity contribution is 6.68. The Bertz CT molecular complexity index is 538. The lowest BCUT2D eigenvalue weighted by Gasteiger charge is -2.22.